The van der Waals surface area contributed by atoms with Gasteiger partial charge in [-0.15, -0.1) is 6.42 Å². The molecular weight excluding hydrogens is 258 g/mol. The molecule has 1 N–H and O–H groups in total. The number of carbonyl (C=O) groups is 1. The van der Waals surface area contributed by atoms with Gasteiger partial charge in [-0.05, 0) is 24.6 Å². The molecule has 0 spiro atoms. The number of terminal acetylenes is 1. The highest BCUT2D eigenvalue weighted by Crippen LogP contribution is 2.22. The van der Waals surface area contributed by atoms with Crippen LogP contribution in [0.5, 0.6) is 5.75 Å². The second kappa shape index (κ2) is 5.93. The molecule has 1 amide bonds. The molecule has 5 nitrogen and oxygen atoms in total. The van der Waals surface area contributed by atoms with Gasteiger partial charge < -0.3 is 14.5 Å². The zero-order valence-electron chi connectivity index (χ0n) is 10.9. The molecule has 0 radical (unpaired) electrons. The van der Waals surface area contributed by atoms with E-state index >= 15 is 0 Å². The maximum Gasteiger partial charge on any atom is 0.336 e. The predicted molar refractivity (Wildman–Crippen MR) is 74.6 cm³/mol. The Morgan fingerprint density at radius 3 is 3.00 bits per heavy atom. The molecular formula is C15H13NO4. The Kier molecular flexibility index (Phi) is 4.06. The van der Waals surface area contributed by atoms with Gasteiger partial charge in [0, 0.05) is 17.5 Å². The Labute approximate surface area is 115 Å². The van der Waals surface area contributed by atoms with Crippen LogP contribution in [0.15, 0.2) is 33.5 Å². The summed E-state index contributed by atoms with van der Waals surface area (Å²) in [7, 11) is 0. The van der Waals surface area contributed by atoms with Crippen molar-refractivity contribution in [2.45, 2.75) is 6.92 Å². The van der Waals surface area contributed by atoms with Gasteiger partial charge in [0.15, 0.2) is 6.61 Å². The van der Waals surface area contributed by atoms with Crippen LogP contribution in [0.25, 0.3) is 11.0 Å². The molecule has 2 rings (SSSR count). The lowest BCUT2D eigenvalue weighted by Crippen LogP contribution is -2.29. The van der Waals surface area contributed by atoms with Crippen molar-refractivity contribution in [3.05, 3.63) is 40.2 Å². The molecule has 5 heteroatoms. The molecule has 1 aromatic heterocycles. The Bertz CT molecular complexity index is 740. The number of nitrogens with one attached hydrogen (secondary N) is 1. The van der Waals surface area contributed by atoms with Gasteiger partial charge in [0.25, 0.3) is 5.91 Å². The fourth-order valence-corrected chi connectivity index (χ4v) is 1.74. The Balaban J connectivity index is 2.14. The van der Waals surface area contributed by atoms with Gasteiger partial charge in [-0.1, -0.05) is 5.92 Å². The first-order chi connectivity index (χ1) is 9.60. The fourth-order valence-electron chi connectivity index (χ4n) is 1.74. The van der Waals surface area contributed by atoms with Crippen LogP contribution in [0.4, 0.5) is 0 Å². The maximum atomic E-state index is 11.3. The van der Waals surface area contributed by atoms with E-state index in [-0.39, 0.29) is 19.1 Å². The number of benzene rings is 1. The van der Waals surface area contributed by atoms with Gasteiger partial charge >= 0.3 is 5.63 Å². The summed E-state index contributed by atoms with van der Waals surface area (Å²) in [5.41, 5.74) is 0.838. The normalized spacial score (nSPS) is 10.0. The van der Waals surface area contributed by atoms with Crippen LogP contribution in [0, 0.1) is 19.3 Å². The van der Waals surface area contributed by atoms with Crippen molar-refractivity contribution in [3.63, 3.8) is 0 Å². The molecule has 0 atom stereocenters. The van der Waals surface area contributed by atoms with Gasteiger partial charge in [0.1, 0.15) is 11.3 Å². The van der Waals surface area contributed by atoms with E-state index < -0.39 is 5.63 Å². The minimum Gasteiger partial charge on any atom is -0.484 e. The molecule has 0 saturated heterocycles. The number of aryl methyl sites for hydroxylation is 1. The first kappa shape index (κ1) is 13.7. The fraction of sp³-hybridized carbons (Fsp3) is 0.200. The Hall–Kier alpha value is -2.74. The minimum absolute atomic E-state index is 0.150. The van der Waals surface area contributed by atoms with Crippen LogP contribution < -0.4 is 15.7 Å². The van der Waals surface area contributed by atoms with Crippen LogP contribution in [-0.4, -0.2) is 19.1 Å². The lowest BCUT2D eigenvalue weighted by atomic mass is 10.1. The summed E-state index contributed by atoms with van der Waals surface area (Å²) < 4.78 is 10.4. The number of hydrogen-bond donors (Lipinski definition) is 1. The number of carbonyl (C=O) groups excluding carboxylic acids is 1. The van der Waals surface area contributed by atoms with Crippen molar-refractivity contribution in [3.8, 4) is 18.1 Å². The first-order valence-corrected chi connectivity index (χ1v) is 5.97. The Morgan fingerprint density at radius 1 is 1.45 bits per heavy atom. The van der Waals surface area contributed by atoms with Crippen molar-refractivity contribution < 1.29 is 13.9 Å². The minimum atomic E-state index is -0.418. The van der Waals surface area contributed by atoms with Gasteiger partial charge in [0.05, 0.1) is 6.54 Å². The monoisotopic (exact) mass is 271 g/mol. The summed E-state index contributed by atoms with van der Waals surface area (Å²) in [6, 6.07) is 6.50. The summed E-state index contributed by atoms with van der Waals surface area (Å²) in [5, 5.41) is 3.31. The molecule has 20 heavy (non-hydrogen) atoms. The van der Waals surface area contributed by atoms with Gasteiger partial charge in [0.2, 0.25) is 0 Å². The third-order valence-electron chi connectivity index (χ3n) is 2.68. The third-order valence-corrected chi connectivity index (χ3v) is 2.68. The van der Waals surface area contributed by atoms with E-state index in [1.165, 1.54) is 6.07 Å². The largest absolute Gasteiger partial charge is 0.484 e. The number of amides is 1. The molecule has 2 aromatic rings. The molecule has 0 aliphatic carbocycles. The quantitative estimate of drug-likeness (QED) is 0.671. The Morgan fingerprint density at radius 2 is 2.25 bits per heavy atom. The zero-order valence-corrected chi connectivity index (χ0v) is 10.9. The number of ether oxygens (including phenoxy) is 1. The van der Waals surface area contributed by atoms with Crippen LogP contribution in [0.1, 0.15) is 5.56 Å². The summed E-state index contributed by atoms with van der Waals surface area (Å²) in [5.74, 6) is 2.43. The molecule has 0 bridgehead atoms. The molecule has 0 unspecified atom stereocenters. The number of fused-ring (bicyclic) bond motifs is 1. The van der Waals surface area contributed by atoms with E-state index in [1.807, 2.05) is 6.92 Å². The van der Waals surface area contributed by atoms with E-state index in [0.717, 1.165) is 10.9 Å². The summed E-state index contributed by atoms with van der Waals surface area (Å²) >= 11 is 0. The molecule has 0 saturated carbocycles. The molecule has 1 heterocycles. The van der Waals surface area contributed by atoms with Crippen molar-refractivity contribution in [2.24, 2.45) is 0 Å². The van der Waals surface area contributed by atoms with E-state index in [9.17, 15) is 9.59 Å². The lowest BCUT2D eigenvalue weighted by molar-refractivity contribution is -0.122. The SMILES string of the molecule is C#CCNC(=O)COc1ccc2c(C)cc(=O)oc2c1. The van der Waals surface area contributed by atoms with Gasteiger partial charge in [-0.2, -0.15) is 0 Å². The summed E-state index contributed by atoms with van der Waals surface area (Å²) in [4.78, 5) is 22.7. The zero-order chi connectivity index (χ0) is 14.5. The average Bonchev–Trinajstić information content (AvgIpc) is 2.42. The average molecular weight is 271 g/mol. The van der Waals surface area contributed by atoms with Crippen LogP contribution in [0.3, 0.4) is 0 Å². The smallest absolute Gasteiger partial charge is 0.336 e. The molecule has 0 aliphatic rings. The van der Waals surface area contributed by atoms with Crippen LogP contribution >= 0.6 is 0 Å². The summed E-state index contributed by atoms with van der Waals surface area (Å²) in [6.07, 6.45) is 5.03. The second-order valence-corrected chi connectivity index (χ2v) is 4.18. The van der Waals surface area contributed by atoms with Crippen molar-refractivity contribution in [1.29, 1.82) is 0 Å². The highest BCUT2D eigenvalue weighted by molar-refractivity contribution is 5.81. The highest BCUT2D eigenvalue weighted by Gasteiger charge is 2.06. The van der Waals surface area contributed by atoms with E-state index in [1.54, 1.807) is 18.2 Å². The third kappa shape index (κ3) is 3.18. The second-order valence-electron chi connectivity index (χ2n) is 4.18. The predicted octanol–water partition coefficient (Wildman–Crippen LogP) is 1.23. The maximum absolute atomic E-state index is 11.3. The standard InChI is InChI=1S/C15H13NO4/c1-3-6-16-14(17)9-19-11-4-5-12-10(2)7-15(18)20-13(12)8-11/h1,4-5,7-8H,6,9H2,2H3,(H,16,17). The first-order valence-electron chi connectivity index (χ1n) is 5.97. The number of rotatable bonds is 4. The highest BCUT2D eigenvalue weighted by atomic mass is 16.5. The van der Waals surface area contributed by atoms with E-state index in [0.29, 0.717) is 11.3 Å². The molecule has 102 valence electrons. The van der Waals surface area contributed by atoms with E-state index in [4.69, 9.17) is 15.6 Å². The van der Waals surface area contributed by atoms with Crippen LogP contribution in [0.2, 0.25) is 0 Å². The van der Waals surface area contributed by atoms with Crippen molar-refractivity contribution in [2.75, 3.05) is 13.2 Å². The van der Waals surface area contributed by atoms with Crippen molar-refractivity contribution >= 4 is 16.9 Å². The topological polar surface area (TPSA) is 68.5 Å². The van der Waals surface area contributed by atoms with Gasteiger partial charge in [-0.3, -0.25) is 4.79 Å². The summed E-state index contributed by atoms with van der Waals surface area (Å²) in [6.45, 7) is 1.84. The van der Waals surface area contributed by atoms with E-state index in [2.05, 4.69) is 11.2 Å². The molecule has 1 aromatic carbocycles. The molecule has 0 fully saturated rings. The van der Waals surface area contributed by atoms with Crippen LogP contribution in [-0.2, 0) is 4.79 Å². The molecule has 0 aliphatic heterocycles. The van der Waals surface area contributed by atoms with Crippen molar-refractivity contribution in [1.82, 2.24) is 5.32 Å². The lowest BCUT2D eigenvalue weighted by Gasteiger charge is -2.07. The number of hydrogen-bond acceptors (Lipinski definition) is 4. The van der Waals surface area contributed by atoms with Gasteiger partial charge in [-0.25, -0.2) is 4.79 Å².